The molecule has 3 heteroatoms. The number of aromatic nitrogens is 1. The first-order valence-corrected chi connectivity index (χ1v) is 7.58. The van der Waals surface area contributed by atoms with Gasteiger partial charge in [0.1, 0.15) is 0 Å². The summed E-state index contributed by atoms with van der Waals surface area (Å²) in [7, 11) is 0. The van der Waals surface area contributed by atoms with Crippen LogP contribution in [0.15, 0.2) is 54.7 Å². The molecule has 3 rings (SSSR count). The molecule has 112 valence electrons. The van der Waals surface area contributed by atoms with Gasteiger partial charge in [-0.3, -0.25) is 4.79 Å². The van der Waals surface area contributed by atoms with Crippen molar-refractivity contribution in [2.45, 2.75) is 26.2 Å². The van der Waals surface area contributed by atoms with E-state index in [4.69, 9.17) is 0 Å². The smallest absolute Gasteiger partial charge is 0.228 e. The van der Waals surface area contributed by atoms with Gasteiger partial charge >= 0.3 is 0 Å². The van der Waals surface area contributed by atoms with E-state index >= 15 is 0 Å². The molecule has 1 aromatic heterocycles. The van der Waals surface area contributed by atoms with Crippen molar-refractivity contribution in [3.05, 3.63) is 65.9 Å². The Bertz CT molecular complexity index is 802. The van der Waals surface area contributed by atoms with Crippen LogP contribution in [0, 0.1) is 0 Å². The van der Waals surface area contributed by atoms with Crippen molar-refractivity contribution < 1.29 is 4.79 Å². The summed E-state index contributed by atoms with van der Waals surface area (Å²) in [6.45, 7) is 4.26. The van der Waals surface area contributed by atoms with Crippen LogP contribution in [0.5, 0.6) is 0 Å². The molecule has 0 radical (unpaired) electrons. The summed E-state index contributed by atoms with van der Waals surface area (Å²) in [6, 6.07) is 16.1. The van der Waals surface area contributed by atoms with E-state index in [0.717, 1.165) is 27.7 Å². The number of carbonyl (C=O) groups is 1. The van der Waals surface area contributed by atoms with Crippen molar-refractivity contribution in [2.75, 3.05) is 5.32 Å². The minimum Gasteiger partial charge on any atom is -0.361 e. The second-order valence-corrected chi connectivity index (χ2v) is 5.87. The highest BCUT2D eigenvalue weighted by Crippen LogP contribution is 2.24. The molecule has 1 amide bonds. The zero-order chi connectivity index (χ0) is 15.5. The van der Waals surface area contributed by atoms with Crippen molar-refractivity contribution in [2.24, 2.45) is 0 Å². The van der Waals surface area contributed by atoms with Gasteiger partial charge in [-0.2, -0.15) is 0 Å². The van der Waals surface area contributed by atoms with E-state index in [0.29, 0.717) is 12.3 Å². The van der Waals surface area contributed by atoms with Gasteiger partial charge in [0.15, 0.2) is 0 Å². The molecule has 0 fully saturated rings. The summed E-state index contributed by atoms with van der Waals surface area (Å²) in [5.41, 5.74) is 4.18. The number of benzene rings is 2. The van der Waals surface area contributed by atoms with Crippen LogP contribution in [0.25, 0.3) is 10.9 Å². The molecule has 0 saturated carbocycles. The molecule has 0 aliphatic rings. The Morgan fingerprint density at radius 3 is 2.77 bits per heavy atom. The average Bonchev–Trinajstić information content (AvgIpc) is 2.95. The first-order chi connectivity index (χ1) is 10.6. The highest BCUT2D eigenvalue weighted by Gasteiger charge is 2.10. The van der Waals surface area contributed by atoms with E-state index in [9.17, 15) is 4.79 Å². The molecule has 0 bridgehead atoms. The quantitative estimate of drug-likeness (QED) is 0.732. The van der Waals surface area contributed by atoms with Gasteiger partial charge in [0.25, 0.3) is 0 Å². The molecule has 0 aliphatic carbocycles. The molecular formula is C19H20N2O. The second kappa shape index (κ2) is 6.06. The lowest BCUT2D eigenvalue weighted by Crippen LogP contribution is -2.15. The predicted molar refractivity (Wildman–Crippen MR) is 91.2 cm³/mol. The molecule has 0 atom stereocenters. The van der Waals surface area contributed by atoms with E-state index in [1.54, 1.807) is 0 Å². The molecule has 3 aromatic rings. The van der Waals surface area contributed by atoms with Gasteiger partial charge in [-0.05, 0) is 46.7 Å². The van der Waals surface area contributed by atoms with Crippen LogP contribution in [0.3, 0.4) is 0 Å². The van der Waals surface area contributed by atoms with Crippen molar-refractivity contribution in [1.82, 2.24) is 4.98 Å². The van der Waals surface area contributed by atoms with Crippen molar-refractivity contribution in [1.29, 1.82) is 0 Å². The minimum atomic E-state index is 0.0167. The molecule has 0 aliphatic heterocycles. The van der Waals surface area contributed by atoms with Gasteiger partial charge in [0.05, 0.1) is 6.42 Å². The zero-order valence-electron chi connectivity index (χ0n) is 12.9. The lowest BCUT2D eigenvalue weighted by molar-refractivity contribution is -0.115. The normalized spacial score (nSPS) is 11.0. The highest BCUT2D eigenvalue weighted by atomic mass is 16.1. The van der Waals surface area contributed by atoms with Crippen LogP contribution in [-0.2, 0) is 11.2 Å². The standard InChI is InChI=1S/C19H20N2O/c1-13(2)16-5-3-4-6-18(16)21-19(22)12-14-7-8-17-15(11-14)9-10-20-17/h3-11,13,20H,12H2,1-2H3,(H,21,22). The van der Waals surface area contributed by atoms with E-state index in [2.05, 4.69) is 36.3 Å². The molecule has 2 N–H and O–H groups in total. The zero-order valence-corrected chi connectivity index (χ0v) is 12.9. The molecule has 22 heavy (non-hydrogen) atoms. The molecule has 3 nitrogen and oxygen atoms in total. The minimum absolute atomic E-state index is 0.0167. The number of amides is 1. The van der Waals surface area contributed by atoms with E-state index in [1.165, 1.54) is 0 Å². The molecular weight excluding hydrogens is 272 g/mol. The maximum atomic E-state index is 12.3. The summed E-state index contributed by atoms with van der Waals surface area (Å²) in [4.78, 5) is 15.5. The first kappa shape index (κ1) is 14.4. The Hall–Kier alpha value is -2.55. The van der Waals surface area contributed by atoms with Gasteiger partial charge in [-0.1, -0.05) is 38.1 Å². The number of para-hydroxylation sites is 1. The summed E-state index contributed by atoms with van der Waals surface area (Å²) in [5, 5.41) is 4.17. The van der Waals surface area contributed by atoms with Gasteiger partial charge in [0, 0.05) is 17.4 Å². The Labute approximate surface area is 130 Å². The summed E-state index contributed by atoms with van der Waals surface area (Å²) >= 11 is 0. The maximum absolute atomic E-state index is 12.3. The van der Waals surface area contributed by atoms with Crippen LogP contribution >= 0.6 is 0 Å². The Kier molecular flexibility index (Phi) is 3.96. The maximum Gasteiger partial charge on any atom is 0.228 e. The van der Waals surface area contributed by atoms with Crippen LogP contribution in [-0.4, -0.2) is 10.9 Å². The number of carbonyl (C=O) groups excluding carboxylic acids is 1. The molecule has 1 heterocycles. The third-order valence-corrected chi connectivity index (χ3v) is 3.84. The number of rotatable bonds is 4. The van der Waals surface area contributed by atoms with Crippen molar-refractivity contribution >= 4 is 22.5 Å². The van der Waals surface area contributed by atoms with E-state index in [-0.39, 0.29) is 5.91 Å². The lowest BCUT2D eigenvalue weighted by Gasteiger charge is -2.13. The van der Waals surface area contributed by atoms with Gasteiger partial charge in [0.2, 0.25) is 5.91 Å². The Balaban J connectivity index is 1.75. The van der Waals surface area contributed by atoms with Gasteiger partial charge in [-0.15, -0.1) is 0 Å². The van der Waals surface area contributed by atoms with Gasteiger partial charge < -0.3 is 10.3 Å². The largest absolute Gasteiger partial charge is 0.361 e. The Morgan fingerprint density at radius 2 is 1.95 bits per heavy atom. The van der Waals surface area contributed by atoms with Crippen LogP contribution in [0.1, 0.15) is 30.9 Å². The topological polar surface area (TPSA) is 44.9 Å². The number of fused-ring (bicyclic) bond motifs is 1. The Morgan fingerprint density at radius 1 is 1.14 bits per heavy atom. The molecule has 0 unspecified atom stereocenters. The summed E-state index contributed by atoms with van der Waals surface area (Å²) in [6.07, 6.45) is 2.29. The number of nitrogens with one attached hydrogen (secondary N) is 2. The van der Waals surface area contributed by atoms with E-state index in [1.807, 2.05) is 42.6 Å². The number of hydrogen-bond donors (Lipinski definition) is 2. The molecule has 2 aromatic carbocycles. The lowest BCUT2D eigenvalue weighted by atomic mass is 10.0. The number of anilines is 1. The van der Waals surface area contributed by atoms with Gasteiger partial charge in [-0.25, -0.2) is 0 Å². The van der Waals surface area contributed by atoms with Crippen LogP contribution in [0.2, 0.25) is 0 Å². The summed E-state index contributed by atoms with van der Waals surface area (Å²) in [5.74, 6) is 0.399. The second-order valence-electron chi connectivity index (χ2n) is 5.87. The fourth-order valence-corrected chi connectivity index (χ4v) is 2.71. The monoisotopic (exact) mass is 292 g/mol. The third kappa shape index (κ3) is 3.03. The molecule has 0 saturated heterocycles. The molecule has 0 spiro atoms. The predicted octanol–water partition coefficient (Wildman–Crippen LogP) is 4.47. The van der Waals surface area contributed by atoms with Crippen molar-refractivity contribution in [3.63, 3.8) is 0 Å². The summed E-state index contributed by atoms with van der Waals surface area (Å²) < 4.78 is 0. The van der Waals surface area contributed by atoms with E-state index < -0.39 is 0 Å². The number of aromatic amines is 1. The fraction of sp³-hybridized carbons (Fsp3) is 0.211. The third-order valence-electron chi connectivity index (χ3n) is 3.84. The fourth-order valence-electron chi connectivity index (χ4n) is 2.71. The number of H-pyrrole nitrogens is 1. The first-order valence-electron chi connectivity index (χ1n) is 7.58. The van der Waals surface area contributed by atoms with Crippen molar-refractivity contribution in [3.8, 4) is 0 Å². The SMILES string of the molecule is CC(C)c1ccccc1NC(=O)Cc1ccc2[nH]ccc2c1. The van der Waals surface area contributed by atoms with Crippen LogP contribution in [0.4, 0.5) is 5.69 Å². The average molecular weight is 292 g/mol. The number of hydrogen-bond acceptors (Lipinski definition) is 1. The van der Waals surface area contributed by atoms with Crippen LogP contribution < -0.4 is 5.32 Å². The highest BCUT2D eigenvalue weighted by molar-refractivity contribution is 5.93.